The smallest absolute Gasteiger partial charge is 0.221 e. The van der Waals surface area contributed by atoms with Gasteiger partial charge in [-0.1, -0.05) is 12.1 Å². The van der Waals surface area contributed by atoms with E-state index >= 15 is 0 Å². The van der Waals surface area contributed by atoms with Gasteiger partial charge in [0.2, 0.25) is 5.91 Å². The van der Waals surface area contributed by atoms with Gasteiger partial charge in [0.25, 0.3) is 0 Å². The molecule has 1 atom stereocenters. The predicted octanol–water partition coefficient (Wildman–Crippen LogP) is 2.00. The summed E-state index contributed by atoms with van der Waals surface area (Å²) in [6.45, 7) is 5.16. The lowest BCUT2D eigenvalue weighted by Crippen LogP contribution is -2.28. The molecule has 1 rings (SSSR count). The zero-order chi connectivity index (χ0) is 12.7. The molecule has 0 aliphatic heterocycles. The Kier molecular flexibility index (Phi) is 5.63. The summed E-state index contributed by atoms with van der Waals surface area (Å²) < 4.78 is 12.7. The second kappa shape index (κ2) is 7.01. The van der Waals surface area contributed by atoms with Crippen LogP contribution in [0.15, 0.2) is 24.3 Å². The van der Waals surface area contributed by atoms with Crippen LogP contribution in [-0.4, -0.2) is 19.0 Å². The number of hydrogen-bond donors (Lipinski definition) is 2. The summed E-state index contributed by atoms with van der Waals surface area (Å²) in [5.74, 6) is -0.186. The second-order valence-electron chi connectivity index (χ2n) is 3.93. The number of hydrogen-bond acceptors (Lipinski definition) is 2. The molecule has 0 saturated carbocycles. The van der Waals surface area contributed by atoms with E-state index < -0.39 is 0 Å². The van der Waals surface area contributed by atoms with Crippen molar-refractivity contribution in [3.63, 3.8) is 0 Å². The van der Waals surface area contributed by atoms with E-state index in [1.807, 2.05) is 13.8 Å². The molecule has 0 fully saturated rings. The zero-order valence-electron chi connectivity index (χ0n) is 10.3. The highest BCUT2D eigenvalue weighted by molar-refractivity contribution is 5.75. The number of halogens is 1. The van der Waals surface area contributed by atoms with Crippen LogP contribution in [0.1, 0.15) is 31.9 Å². The molecule has 0 bridgehead atoms. The van der Waals surface area contributed by atoms with Gasteiger partial charge < -0.3 is 10.6 Å². The van der Waals surface area contributed by atoms with Gasteiger partial charge in [-0.05, 0) is 31.5 Å². The molecule has 0 radical (unpaired) electrons. The molecule has 1 aromatic rings. The Morgan fingerprint density at radius 1 is 1.35 bits per heavy atom. The Labute approximate surface area is 101 Å². The van der Waals surface area contributed by atoms with Crippen molar-refractivity contribution in [1.29, 1.82) is 0 Å². The van der Waals surface area contributed by atoms with Crippen LogP contribution in [-0.2, 0) is 4.79 Å². The van der Waals surface area contributed by atoms with Crippen LogP contribution < -0.4 is 10.6 Å². The summed E-state index contributed by atoms with van der Waals surface area (Å²) in [5.41, 5.74) is 1.02. The van der Waals surface area contributed by atoms with Gasteiger partial charge in [0.15, 0.2) is 0 Å². The molecule has 0 aliphatic carbocycles. The lowest BCUT2D eigenvalue weighted by atomic mass is 10.1. The zero-order valence-corrected chi connectivity index (χ0v) is 10.3. The third-order valence-corrected chi connectivity index (χ3v) is 2.55. The molecule has 1 aromatic carbocycles. The van der Waals surface area contributed by atoms with Gasteiger partial charge in [0.1, 0.15) is 5.82 Å². The van der Waals surface area contributed by atoms with E-state index in [1.165, 1.54) is 12.1 Å². The molecular weight excluding hydrogens is 219 g/mol. The summed E-state index contributed by atoms with van der Waals surface area (Å²) in [6.07, 6.45) is 0.458. The van der Waals surface area contributed by atoms with Gasteiger partial charge in [0.05, 0.1) is 0 Å². The third kappa shape index (κ3) is 4.95. The number of benzene rings is 1. The maximum atomic E-state index is 12.7. The van der Waals surface area contributed by atoms with Crippen LogP contribution in [0.5, 0.6) is 0 Å². The van der Waals surface area contributed by atoms with Crippen molar-refractivity contribution in [2.24, 2.45) is 0 Å². The lowest BCUT2D eigenvalue weighted by Gasteiger charge is -2.13. The fraction of sp³-hybridized carbons (Fsp3) is 0.462. The molecule has 17 heavy (non-hydrogen) atoms. The van der Waals surface area contributed by atoms with E-state index in [1.54, 1.807) is 12.1 Å². The first kappa shape index (κ1) is 13.6. The molecule has 0 heterocycles. The van der Waals surface area contributed by atoms with Crippen LogP contribution in [0.25, 0.3) is 0 Å². The molecular formula is C13H19FN2O. The van der Waals surface area contributed by atoms with Gasteiger partial charge in [-0.15, -0.1) is 0 Å². The number of rotatable bonds is 6. The molecule has 2 N–H and O–H groups in total. The number of carbonyl (C=O) groups is 1. The molecule has 0 spiro atoms. The van der Waals surface area contributed by atoms with Gasteiger partial charge in [-0.3, -0.25) is 4.79 Å². The molecule has 3 nitrogen and oxygen atoms in total. The summed E-state index contributed by atoms with van der Waals surface area (Å²) in [6, 6.07) is 6.50. The Balaban J connectivity index is 2.32. The fourth-order valence-corrected chi connectivity index (χ4v) is 1.56. The van der Waals surface area contributed by atoms with Crippen molar-refractivity contribution in [1.82, 2.24) is 10.6 Å². The van der Waals surface area contributed by atoms with Crippen LogP contribution in [0.2, 0.25) is 0 Å². The molecule has 0 aliphatic rings. The van der Waals surface area contributed by atoms with Gasteiger partial charge in [0, 0.05) is 25.6 Å². The predicted molar refractivity (Wildman–Crippen MR) is 66.1 cm³/mol. The maximum absolute atomic E-state index is 12.7. The highest BCUT2D eigenvalue weighted by Gasteiger charge is 2.05. The summed E-state index contributed by atoms with van der Waals surface area (Å²) in [5, 5.41) is 5.96. The Morgan fingerprint density at radius 3 is 2.59 bits per heavy atom. The number of nitrogens with one attached hydrogen (secondary N) is 2. The molecule has 1 amide bonds. The van der Waals surface area contributed by atoms with E-state index in [2.05, 4.69) is 10.6 Å². The number of amides is 1. The highest BCUT2D eigenvalue weighted by atomic mass is 19.1. The van der Waals surface area contributed by atoms with Crippen LogP contribution in [0.3, 0.4) is 0 Å². The van der Waals surface area contributed by atoms with E-state index in [9.17, 15) is 9.18 Å². The lowest BCUT2D eigenvalue weighted by molar-refractivity contribution is -0.120. The van der Waals surface area contributed by atoms with Crippen molar-refractivity contribution in [2.75, 3.05) is 13.1 Å². The Hall–Kier alpha value is -1.42. The second-order valence-corrected chi connectivity index (χ2v) is 3.93. The van der Waals surface area contributed by atoms with Gasteiger partial charge in [-0.25, -0.2) is 4.39 Å². The Morgan fingerprint density at radius 2 is 2.00 bits per heavy atom. The first-order valence-electron chi connectivity index (χ1n) is 5.89. The van der Waals surface area contributed by atoms with Crippen molar-refractivity contribution in [3.8, 4) is 0 Å². The number of carbonyl (C=O) groups excluding carboxylic acids is 1. The van der Waals surface area contributed by atoms with E-state index in [0.717, 1.165) is 5.56 Å². The monoisotopic (exact) mass is 238 g/mol. The minimum absolute atomic E-state index is 0.0475. The molecule has 0 saturated heterocycles. The van der Waals surface area contributed by atoms with Crippen molar-refractivity contribution in [3.05, 3.63) is 35.6 Å². The van der Waals surface area contributed by atoms with Crippen LogP contribution in [0, 0.1) is 5.82 Å². The fourth-order valence-electron chi connectivity index (χ4n) is 1.56. The minimum atomic E-state index is -0.233. The largest absolute Gasteiger partial charge is 0.356 e. The average Bonchev–Trinajstić information content (AvgIpc) is 2.30. The Bertz CT molecular complexity index is 351. The maximum Gasteiger partial charge on any atom is 0.221 e. The van der Waals surface area contributed by atoms with Crippen LogP contribution in [0.4, 0.5) is 4.39 Å². The van der Waals surface area contributed by atoms with Crippen molar-refractivity contribution in [2.45, 2.75) is 26.3 Å². The average molecular weight is 238 g/mol. The third-order valence-electron chi connectivity index (χ3n) is 2.55. The molecule has 1 unspecified atom stereocenters. The standard InChI is InChI=1S/C13H19FN2O/c1-3-15-13(17)8-9-16-10(2)11-4-6-12(14)7-5-11/h4-7,10,16H,3,8-9H2,1-2H3,(H,15,17). The first-order chi connectivity index (χ1) is 8.13. The summed E-state index contributed by atoms with van der Waals surface area (Å²) >= 11 is 0. The van der Waals surface area contributed by atoms with Crippen molar-refractivity contribution < 1.29 is 9.18 Å². The topological polar surface area (TPSA) is 41.1 Å². The van der Waals surface area contributed by atoms with E-state index in [4.69, 9.17) is 0 Å². The van der Waals surface area contributed by atoms with Crippen molar-refractivity contribution >= 4 is 5.91 Å². The normalized spacial score (nSPS) is 12.2. The van der Waals surface area contributed by atoms with Gasteiger partial charge in [-0.2, -0.15) is 0 Å². The highest BCUT2D eigenvalue weighted by Crippen LogP contribution is 2.12. The molecule has 0 aromatic heterocycles. The molecule has 94 valence electrons. The van der Waals surface area contributed by atoms with E-state index in [-0.39, 0.29) is 17.8 Å². The first-order valence-corrected chi connectivity index (χ1v) is 5.89. The van der Waals surface area contributed by atoms with Gasteiger partial charge >= 0.3 is 0 Å². The van der Waals surface area contributed by atoms with E-state index in [0.29, 0.717) is 19.5 Å². The summed E-state index contributed by atoms with van der Waals surface area (Å²) in [7, 11) is 0. The quantitative estimate of drug-likeness (QED) is 0.796. The molecule has 4 heteroatoms. The SMILES string of the molecule is CCNC(=O)CCNC(C)c1ccc(F)cc1. The summed E-state index contributed by atoms with van der Waals surface area (Å²) in [4.78, 5) is 11.2. The van der Waals surface area contributed by atoms with Crippen LogP contribution >= 0.6 is 0 Å². The minimum Gasteiger partial charge on any atom is -0.356 e.